The Bertz CT molecular complexity index is 1300. The van der Waals surface area contributed by atoms with Gasteiger partial charge in [0, 0.05) is 41.9 Å². The van der Waals surface area contributed by atoms with Gasteiger partial charge in [-0.05, 0) is 19.3 Å². The maximum Gasteiger partial charge on any atom is 0.276 e. The smallest absolute Gasteiger partial charge is 0.276 e. The first-order chi connectivity index (χ1) is 16.2. The zero-order valence-electron chi connectivity index (χ0n) is 18.1. The first-order valence-corrected chi connectivity index (χ1v) is 11.0. The van der Waals surface area contributed by atoms with Gasteiger partial charge in [0.05, 0.1) is 19.8 Å². The Hall–Kier alpha value is -3.34. The molecular formula is C23H20F3N3O5. The van der Waals surface area contributed by atoms with Gasteiger partial charge in [0.25, 0.3) is 11.8 Å². The minimum absolute atomic E-state index is 0.0343. The average molecular weight is 475 g/mol. The zero-order valence-corrected chi connectivity index (χ0v) is 18.1. The number of carbonyl (C=O) groups is 2. The van der Waals surface area contributed by atoms with Crippen molar-refractivity contribution in [2.45, 2.75) is 50.7 Å². The molecule has 1 N–H and O–H groups in total. The number of halogens is 3. The standard InChI is InChI=1S/C23H20F3N3O5/c1-33-20-18-22(32)29-15-6-23(15)3-2-16(23)34-17(29)9-28(18)8-12(19(20)30)21(31)27-7-11-13(25)4-10(24)5-14(11)26/h4-5,8,15-17H,2-3,6-7,9H2,1H3,(H,27,31)/t15-,16-,17-,23?/m1/s1. The predicted molar refractivity (Wildman–Crippen MR) is 110 cm³/mol. The van der Waals surface area contributed by atoms with E-state index < -0.39 is 47.1 Å². The molecular weight excluding hydrogens is 455 g/mol. The van der Waals surface area contributed by atoms with Crippen LogP contribution >= 0.6 is 0 Å². The number of hydrogen-bond acceptors (Lipinski definition) is 5. The SMILES string of the molecule is COc1c2n(cc(C(=O)NCc3c(F)cc(F)cc3F)c1=O)C[C@H]1O[C@@H]3CCC34C[C@H]4N1C2=O. The molecule has 2 saturated carbocycles. The molecule has 1 unspecified atom stereocenters. The highest BCUT2D eigenvalue weighted by Crippen LogP contribution is 2.67. The van der Waals surface area contributed by atoms with Crippen molar-refractivity contribution in [3.63, 3.8) is 0 Å². The summed E-state index contributed by atoms with van der Waals surface area (Å²) < 4.78 is 53.8. The van der Waals surface area contributed by atoms with Crippen molar-refractivity contribution < 1.29 is 32.2 Å². The number of nitrogens with one attached hydrogen (secondary N) is 1. The number of benzene rings is 1. The Labute approximate surface area is 191 Å². The van der Waals surface area contributed by atoms with Crippen LogP contribution in [-0.2, 0) is 17.8 Å². The van der Waals surface area contributed by atoms with E-state index in [0.29, 0.717) is 12.1 Å². The van der Waals surface area contributed by atoms with Crippen LogP contribution in [0.25, 0.3) is 0 Å². The fourth-order valence-electron chi connectivity index (χ4n) is 5.64. The van der Waals surface area contributed by atoms with Gasteiger partial charge in [-0.1, -0.05) is 0 Å². The van der Waals surface area contributed by atoms with Gasteiger partial charge in [-0.3, -0.25) is 14.4 Å². The van der Waals surface area contributed by atoms with Crippen LogP contribution in [-0.4, -0.2) is 46.8 Å². The Morgan fingerprint density at radius 3 is 2.65 bits per heavy atom. The van der Waals surface area contributed by atoms with Crippen LogP contribution in [0.2, 0.25) is 0 Å². The molecule has 3 fully saturated rings. The van der Waals surface area contributed by atoms with Gasteiger partial charge in [-0.15, -0.1) is 0 Å². The Morgan fingerprint density at radius 1 is 1.26 bits per heavy atom. The van der Waals surface area contributed by atoms with Crippen LogP contribution in [0, 0.1) is 22.9 Å². The van der Waals surface area contributed by atoms with Crippen LogP contribution in [0.4, 0.5) is 13.2 Å². The quantitative estimate of drug-likeness (QED) is 0.730. The van der Waals surface area contributed by atoms with Gasteiger partial charge >= 0.3 is 0 Å². The predicted octanol–water partition coefficient (Wildman–Crippen LogP) is 1.94. The van der Waals surface area contributed by atoms with E-state index in [-0.39, 0.29) is 47.0 Å². The second-order valence-corrected chi connectivity index (χ2v) is 9.22. The lowest BCUT2D eigenvalue weighted by molar-refractivity contribution is -0.196. The Balaban J connectivity index is 1.32. The highest BCUT2D eigenvalue weighted by molar-refractivity contribution is 5.99. The van der Waals surface area contributed by atoms with Crippen LogP contribution in [0.15, 0.2) is 23.1 Å². The van der Waals surface area contributed by atoms with E-state index in [4.69, 9.17) is 9.47 Å². The van der Waals surface area contributed by atoms with Crippen molar-refractivity contribution in [2.75, 3.05) is 7.11 Å². The van der Waals surface area contributed by atoms with Crippen molar-refractivity contribution in [1.29, 1.82) is 0 Å². The molecule has 2 aliphatic heterocycles. The van der Waals surface area contributed by atoms with Crippen LogP contribution < -0.4 is 15.5 Å². The minimum Gasteiger partial charge on any atom is -0.491 e. The summed E-state index contributed by atoms with van der Waals surface area (Å²) in [7, 11) is 1.23. The first-order valence-electron chi connectivity index (χ1n) is 11.0. The number of aromatic nitrogens is 1. The monoisotopic (exact) mass is 475 g/mol. The fraction of sp³-hybridized carbons (Fsp3) is 0.435. The number of nitrogens with zero attached hydrogens (tertiary/aromatic N) is 2. The summed E-state index contributed by atoms with van der Waals surface area (Å²) in [6.07, 6.45) is 3.66. The summed E-state index contributed by atoms with van der Waals surface area (Å²) in [5.41, 5.74) is -1.64. The number of rotatable bonds is 4. The number of fused-ring (bicyclic) bond motifs is 3. The molecule has 0 bridgehead atoms. The fourth-order valence-corrected chi connectivity index (χ4v) is 5.64. The van der Waals surface area contributed by atoms with Gasteiger partial charge in [0.1, 0.15) is 23.0 Å². The topological polar surface area (TPSA) is 89.9 Å². The summed E-state index contributed by atoms with van der Waals surface area (Å²) in [6.45, 7) is -0.396. The normalized spacial score (nSPS) is 28.2. The molecule has 8 nitrogen and oxygen atoms in total. The zero-order chi connectivity index (χ0) is 23.9. The molecule has 1 aromatic heterocycles. The molecule has 2 amide bonds. The third-order valence-corrected chi connectivity index (χ3v) is 7.57. The second kappa shape index (κ2) is 7.08. The van der Waals surface area contributed by atoms with Crippen molar-refractivity contribution in [1.82, 2.24) is 14.8 Å². The molecule has 34 heavy (non-hydrogen) atoms. The summed E-state index contributed by atoms with van der Waals surface area (Å²) in [6, 6.07) is 1.08. The third kappa shape index (κ3) is 2.79. The maximum absolute atomic E-state index is 13.9. The summed E-state index contributed by atoms with van der Waals surface area (Å²) in [4.78, 5) is 40.9. The lowest BCUT2D eigenvalue weighted by atomic mass is 9.76. The molecule has 4 aliphatic rings. The van der Waals surface area contributed by atoms with Crippen LogP contribution in [0.1, 0.15) is 45.7 Å². The molecule has 4 atom stereocenters. The number of ether oxygens (including phenoxy) is 2. The van der Waals surface area contributed by atoms with E-state index in [9.17, 15) is 27.6 Å². The van der Waals surface area contributed by atoms with Gasteiger partial charge in [0.15, 0.2) is 17.7 Å². The molecule has 11 heteroatoms. The highest BCUT2D eigenvalue weighted by Gasteiger charge is 2.72. The molecule has 0 radical (unpaired) electrons. The maximum atomic E-state index is 13.9. The van der Waals surface area contributed by atoms with Gasteiger partial charge in [-0.2, -0.15) is 0 Å². The van der Waals surface area contributed by atoms with Crippen LogP contribution in [0.5, 0.6) is 5.75 Å². The van der Waals surface area contributed by atoms with Crippen molar-refractivity contribution >= 4 is 11.8 Å². The largest absolute Gasteiger partial charge is 0.491 e. The van der Waals surface area contributed by atoms with Crippen LogP contribution in [0.3, 0.4) is 0 Å². The van der Waals surface area contributed by atoms with E-state index in [1.807, 2.05) is 0 Å². The molecule has 6 rings (SSSR count). The Kier molecular flexibility index (Phi) is 4.42. The molecule has 1 spiro atoms. The first kappa shape index (κ1) is 21.2. The minimum atomic E-state index is -1.16. The van der Waals surface area contributed by atoms with Crippen molar-refractivity contribution in [3.8, 4) is 5.75 Å². The number of methoxy groups -OCH3 is 1. The van der Waals surface area contributed by atoms with Gasteiger partial charge in [-0.25, -0.2) is 13.2 Å². The lowest BCUT2D eigenvalue weighted by Gasteiger charge is -2.51. The summed E-state index contributed by atoms with van der Waals surface area (Å²) >= 11 is 0. The van der Waals surface area contributed by atoms with Crippen molar-refractivity contribution in [3.05, 3.63) is 62.8 Å². The number of hydrogen-bond donors (Lipinski definition) is 1. The molecule has 1 aromatic carbocycles. The highest BCUT2D eigenvalue weighted by atomic mass is 19.1. The lowest BCUT2D eigenvalue weighted by Crippen LogP contribution is -2.61. The van der Waals surface area contributed by atoms with E-state index in [1.165, 1.54) is 17.9 Å². The average Bonchev–Trinajstić information content (AvgIpc) is 3.54. The molecule has 2 aliphatic carbocycles. The molecule has 178 valence electrons. The second-order valence-electron chi connectivity index (χ2n) is 9.22. The van der Waals surface area contributed by atoms with Gasteiger partial charge in [0.2, 0.25) is 5.43 Å². The van der Waals surface area contributed by atoms with E-state index in [0.717, 1.165) is 19.3 Å². The Morgan fingerprint density at radius 2 is 2.00 bits per heavy atom. The van der Waals surface area contributed by atoms with Crippen molar-refractivity contribution in [2.24, 2.45) is 5.41 Å². The summed E-state index contributed by atoms with van der Waals surface area (Å²) in [5, 5.41) is 2.28. The van der Waals surface area contributed by atoms with E-state index in [2.05, 4.69) is 5.32 Å². The summed E-state index contributed by atoms with van der Waals surface area (Å²) in [5.74, 6) is -4.99. The molecule has 1 saturated heterocycles. The third-order valence-electron chi connectivity index (χ3n) is 7.57. The molecule has 3 heterocycles. The van der Waals surface area contributed by atoms with E-state index in [1.54, 1.807) is 4.90 Å². The number of carbonyl (C=O) groups excluding carboxylic acids is 2. The van der Waals surface area contributed by atoms with Gasteiger partial charge < -0.3 is 24.3 Å². The number of amides is 2. The molecule has 2 aromatic rings. The van der Waals surface area contributed by atoms with E-state index >= 15 is 0 Å². The number of pyridine rings is 1.